The van der Waals surface area contributed by atoms with E-state index < -0.39 is 17.3 Å². The van der Waals surface area contributed by atoms with Crippen LogP contribution in [0.15, 0.2) is 54.7 Å². The lowest BCUT2D eigenvalue weighted by molar-refractivity contribution is 0.0782. The van der Waals surface area contributed by atoms with Crippen molar-refractivity contribution in [3.05, 3.63) is 83.1 Å². The fourth-order valence-electron chi connectivity index (χ4n) is 3.54. The number of nitrogens with two attached hydrogens (primary N) is 1. The summed E-state index contributed by atoms with van der Waals surface area (Å²) < 4.78 is 16.6. The van der Waals surface area contributed by atoms with Gasteiger partial charge in [-0.15, -0.1) is 11.3 Å². The third-order valence-electron chi connectivity index (χ3n) is 5.37. The highest BCUT2D eigenvalue weighted by atomic mass is 32.1. The van der Waals surface area contributed by atoms with Gasteiger partial charge in [0.15, 0.2) is 0 Å². The number of aromatic nitrogens is 3. The molecule has 8 nitrogen and oxygen atoms in total. The lowest BCUT2D eigenvalue weighted by atomic mass is 9.96. The van der Waals surface area contributed by atoms with Gasteiger partial charge in [-0.1, -0.05) is 18.2 Å². The molecule has 0 unspecified atom stereocenters. The van der Waals surface area contributed by atoms with E-state index in [4.69, 9.17) is 5.73 Å². The Bertz CT molecular complexity index is 1360. The Morgan fingerprint density at radius 1 is 1.17 bits per heavy atom. The van der Waals surface area contributed by atoms with Gasteiger partial charge < -0.3 is 21.5 Å². The summed E-state index contributed by atoms with van der Waals surface area (Å²) in [5.41, 5.74) is 7.19. The summed E-state index contributed by atoms with van der Waals surface area (Å²) in [4.78, 5) is 17.2. The minimum atomic E-state index is -1.16. The summed E-state index contributed by atoms with van der Waals surface area (Å²) in [6, 6.07) is 13.6. The number of halogens is 1. The summed E-state index contributed by atoms with van der Waals surface area (Å²) >= 11 is 1.21. The maximum absolute atomic E-state index is 14.9. The first-order chi connectivity index (χ1) is 16.6. The number of nitrogens with one attached hydrogen (secondary N) is 2. The van der Waals surface area contributed by atoms with Gasteiger partial charge in [0, 0.05) is 36.8 Å². The van der Waals surface area contributed by atoms with Gasteiger partial charge in [-0.3, -0.25) is 9.48 Å². The molecule has 4 aromatic rings. The van der Waals surface area contributed by atoms with Crippen molar-refractivity contribution in [2.75, 3.05) is 5.32 Å². The van der Waals surface area contributed by atoms with Crippen LogP contribution < -0.4 is 16.4 Å². The molecule has 0 bridgehead atoms. The molecule has 3 aromatic heterocycles. The van der Waals surface area contributed by atoms with Gasteiger partial charge in [0.1, 0.15) is 16.6 Å². The van der Waals surface area contributed by atoms with E-state index in [1.165, 1.54) is 17.4 Å². The van der Waals surface area contributed by atoms with E-state index >= 15 is 0 Å². The molecular formula is C25H27FN6O2S. The Morgan fingerprint density at radius 2 is 1.94 bits per heavy atom. The molecule has 182 valence electrons. The number of hydrogen-bond donors (Lipinski definition) is 4. The highest BCUT2D eigenvalue weighted by molar-refractivity contribution is 7.19. The van der Waals surface area contributed by atoms with Gasteiger partial charge in [0.25, 0.3) is 5.91 Å². The number of carbonyl (C=O) groups is 1. The zero-order chi connectivity index (χ0) is 25.2. The normalized spacial score (nSPS) is 11.6. The summed E-state index contributed by atoms with van der Waals surface area (Å²) in [5.74, 6) is -0.583. The van der Waals surface area contributed by atoms with Crippen molar-refractivity contribution in [1.29, 1.82) is 0 Å². The molecule has 10 heteroatoms. The van der Waals surface area contributed by atoms with E-state index in [1.54, 1.807) is 42.8 Å². The Hall–Kier alpha value is -3.60. The number of nitrogens with zero attached hydrogens (tertiary/aromatic N) is 3. The molecule has 35 heavy (non-hydrogen) atoms. The van der Waals surface area contributed by atoms with Crippen molar-refractivity contribution in [2.24, 2.45) is 12.8 Å². The molecular weight excluding hydrogens is 467 g/mol. The molecule has 0 aliphatic heterocycles. The Balaban J connectivity index is 1.52. The number of carbonyl (C=O) groups excluding carboxylic acids is 1. The van der Waals surface area contributed by atoms with Gasteiger partial charge >= 0.3 is 0 Å². The molecule has 0 fully saturated rings. The first-order valence-corrected chi connectivity index (χ1v) is 11.8. The fraction of sp³-hybridized carbons (Fsp3) is 0.240. The van der Waals surface area contributed by atoms with E-state index in [0.717, 1.165) is 11.4 Å². The van der Waals surface area contributed by atoms with E-state index in [1.807, 2.05) is 31.4 Å². The number of aryl methyl sites for hydroxylation is 1. The van der Waals surface area contributed by atoms with Crippen LogP contribution in [0.5, 0.6) is 0 Å². The first-order valence-electron chi connectivity index (χ1n) is 11.0. The summed E-state index contributed by atoms with van der Waals surface area (Å²) in [6.45, 7) is 4.32. The highest BCUT2D eigenvalue weighted by Crippen LogP contribution is 2.38. The second kappa shape index (κ2) is 9.95. The molecule has 0 saturated heterocycles. The van der Waals surface area contributed by atoms with Crippen molar-refractivity contribution in [2.45, 2.75) is 32.5 Å². The highest BCUT2D eigenvalue weighted by Gasteiger charge is 2.21. The van der Waals surface area contributed by atoms with Crippen LogP contribution in [0, 0.1) is 5.82 Å². The maximum Gasteiger partial charge on any atom is 0.251 e. The zero-order valence-electron chi connectivity index (χ0n) is 19.7. The second-order valence-corrected chi connectivity index (χ2v) is 9.75. The Labute approximate surface area is 206 Å². The zero-order valence-corrected chi connectivity index (χ0v) is 20.5. The van der Waals surface area contributed by atoms with Crippen LogP contribution >= 0.6 is 11.3 Å². The topological polar surface area (TPSA) is 118 Å². The van der Waals surface area contributed by atoms with Crippen molar-refractivity contribution < 1.29 is 14.3 Å². The first kappa shape index (κ1) is 24.5. The monoisotopic (exact) mass is 494 g/mol. The second-order valence-electron chi connectivity index (χ2n) is 8.69. The van der Waals surface area contributed by atoms with Gasteiger partial charge in [-0.05, 0) is 49.7 Å². The van der Waals surface area contributed by atoms with Gasteiger partial charge in [-0.2, -0.15) is 5.10 Å². The molecule has 0 aliphatic carbocycles. The van der Waals surface area contributed by atoms with E-state index in [2.05, 4.69) is 20.7 Å². The lowest BCUT2D eigenvalue weighted by Crippen LogP contribution is -2.15. The molecule has 1 aromatic carbocycles. The number of anilines is 2. The van der Waals surface area contributed by atoms with Crippen LogP contribution in [0.1, 0.15) is 41.2 Å². The number of thiophene rings is 1. The van der Waals surface area contributed by atoms with Crippen LogP contribution in [0.4, 0.5) is 15.2 Å². The molecule has 3 heterocycles. The number of primary amides is 1. The molecule has 0 aliphatic rings. The van der Waals surface area contributed by atoms with Gasteiger partial charge in [-0.25, -0.2) is 9.37 Å². The molecule has 0 saturated carbocycles. The lowest BCUT2D eigenvalue weighted by Gasteiger charge is -2.18. The minimum absolute atomic E-state index is 0.247. The predicted molar refractivity (Wildman–Crippen MR) is 135 cm³/mol. The Kier molecular flexibility index (Phi) is 6.97. The Morgan fingerprint density at radius 3 is 2.60 bits per heavy atom. The van der Waals surface area contributed by atoms with E-state index in [0.29, 0.717) is 39.9 Å². The van der Waals surface area contributed by atoms with E-state index in [9.17, 15) is 14.3 Å². The number of rotatable bonds is 9. The van der Waals surface area contributed by atoms with Gasteiger partial charge in [0.05, 0.1) is 22.6 Å². The average molecular weight is 495 g/mol. The quantitative estimate of drug-likeness (QED) is 0.279. The number of aliphatic hydroxyl groups is 1. The van der Waals surface area contributed by atoms with Crippen molar-refractivity contribution in [3.63, 3.8) is 0 Å². The van der Waals surface area contributed by atoms with Crippen molar-refractivity contribution in [1.82, 2.24) is 20.1 Å². The summed E-state index contributed by atoms with van der Waals surface area (Å²) in [7, 11) is 1.87. The summed E-state index contributed by atoms with van der Waals surface area (Å²) in [6.07, 6.45) is 1.89. The number of benzene rings is 1. The molecule has 1 amide bonds. The van der Waals surface area contributed by atoms with E-state index in [-0.39, 0.29) is 5.56 Å². The van der Waals surface area contributed by atoms with Crippen LogP contribution in [-0.2, 0) is 25.7 Å². The average Bonchev–Trinajstić information content (AvgIpc) is 3.39. The third kappa shape index (κ3) is 5.91. The largest absolute Gasteiger partial charge is 0.386 e. The van der Waals surface area contributed by atoms with Crippen LogP contribution in [-0.4, -0.2) is 25.8 Å². The SMILES string of the molecule is Cn1ccc(CNCc2cccc(Nc3sc(-c4ccc(C(C)(C)O)cc4F)cc3C(N)=O)n2)n1. The van der Waals surface area contributed by atoms with Crippen LogP contribution in [0.2, 0.25) is 0 Å². The standard InChI is InChI=1S/C25H27FN6O2S/c1-25(2,34)15-7-8-18(20(26)11-15)21-12-19(23(27)33)24(35-21)30-22-6-4-5-16(29-22)13-28-14-17-9-10-32(3)31-17/h4-12,28,34H,13-14H2,1-3H3,(H2,27,33)(H,29,30). The molecule has 5 N–H and O–H groups in total. The predicted octanol–water partition coefficient (Wildman–Crippen LogP) is 4.04. The van der Waals surface area contributed by atoms with Crippen LogP contribution in [0.3, 0.4) is 0 Å². The third-order valence-corrected chi connectivity index (χ3v) is 6.45. The smallest absolute Gasteiger partial charge is 0.251 e. The molecule has 0 atom stereocenters. The van der Waals surface area contributed by atoms with Crippen molar-refractivity contribution >= 4 is 28.1 Å². The minimum Gasteiger partial charge on any atom is -0.386 e. The van der Waals surface area contributed by atoms with Crippen LogP contribution in [0.25, 0.3) is 10.4 Å². The molecule has 4 rings (SSSR count). The fourth-order valence-corrected chi connectivity index (χ4v) is 4.63. The number of pyridine rings is 1. The van der Waals surface area contributed by atoms with Gasteiger partial charge in [0.2, 0.25) is 0 Å². The molecule has 0 radical (unpaired) electrons. The number of hydrogen-bond acceptors (Lipinski definition) is 7. The molecule has 0 spiro atoms. The van der Waals surface area contributed by atoms with Crippen molar-refractivity contribution in [3.8, 4) is 10.4 Å². The number of amides is 1. The summed E-state index contributed by atoms with van der Waals surface area (Å²) in [5, 5.41) is 21.4. The maximum atomic E-state index is 14.9.